The van der Waals surface area contributed by atoms with Crippen molar-refractivity contribution in [3.8, 4) is 0 Å². The van der Waals surface area contributed by atoms with Crippen LogP contribution in [0.25, 0.3) is 0 Å². The van der Waals surface area contributed by atoms with Gasteiger partial charge in [-0.3, -0.25) is 0 Å². The van der Waals surface area contributed by atoms with Gasteiger partial charge in [0.05, 0.1) is 33.8 Å². The van der Waals surface area contributed by atoms with E-state index in [0.29, 0.717) is 0 Å². The third-order valence-electron chi connectivity index (χ3n) is 2.69. The van der Waals surface area contributed by atoms with Crippen LogP contribution in [0, 0.1) is 0 Å². The quantitative estimate of drug-likeness (QED) is 0.303. The van der Waals surface area contributed by atoms with Gasteiger partial charge in [0.25, 0.3) is 0 Å². The monoisotopic (exact) mass is 262 g/mol. The molecular formula is C8H10N2O6S+2. The summed E-state index contributed by atoms with van der Waals surface area (Å²) in [5, 5.41) is 19.6. The van der Waals surface area contributed by atoms with Gasteiger partial charge in [0.1, 0.15) is 0 Å². The third kappa shape index (κ3) is 1.63. The fourth-order valence-electron chi connectivity index (χ4n) is 1.67. The summed E-state index contributed by atoms with van der Waals surface area (Å²) in [5.74, 6) is -3.39. The number of quaternary nitrogens is 2. The van der Waals surface area contributed by atoms with Crippen LogP contribution in [-0.4, -0.2) is 42.1 Å². The van der Waals surface area contributed by atoms with E-state index in [-0.39, 0.29) is 37.8 Å². The predicted octanol–water partition coefficient (Wildman–Crippen LogP) is -0.344. The predicted molar refractivity (Wildman–Crippen MR) is 50.2 cm³/mol. The van der Waals surface area contributed by atoms with E-state index in [1.165, 1.54) is 0 Å². The Morgan fingerprint density at radius 3 is 1.18 bits per heavy atom. The molecule has 0 bridgehead atoms. The normalized spacial score (nSPS) is 26.9. The molecule has 2 N–H and O–H groups in total. The third-order valence-corrected chi connectivity index (χ3v) is 3.98. The zero-order valence-corrected chi connectivity index (χ0v) is 9.48. The molecule has 0 atom stereocenters. The highest BCUT2D eigenvalue weighted by Crippen LogP contribution is 2.40. The van der Waals surface area contributed by atoms with Crippen LogP contribution >= 0.6 is 12.1 Å². The van der Waals surface area contributed by atoms with E-state index in [0.717, 1.165) is 0 Å². The highest BCUT2D eigenvalue weighted by atomic mass is 32.2. The van der Waals surface area contributed by atoms with Crippen molar-refractivity contribution in [2.75, 3.05) is 0 Å². The lowest BCUT2D eigenvalue weighted by atomic mass is 10.4. The van der Waals surface area contributed by atoms with Crippen molar-refractivity contribution >= 4 is 35.8 Å². The summed E-state index contributed by atoms with van der Waals surface area (Å²) in [4.78, 5) is 45.5. The van der Waals surface area contributed by atoms with Crippen LogP contribution < -0.4 is 0 Å². The highest BCUT2D eigenvalue weighted by Gasteiger charge is 2.67. The summed E-state index contributed by atoms with van der Waals surface area (Å²) in [6, 6.07) is 0. The smallest absolute Gasteiger partial charge is 0.225 e. The molecule has 0 unspecified atom stereocenters. The minimum Gasteiger partial charge on any atom is -0.225 e. The molecule has 0 aromatic heterocycles. The number of hydrogen-bond acceptors (Lipinski definition) is 7. The van der Waals surface area contributed by atoms with E-state index in [2.05, 4.69) is 0 Å². The standard InChI is InChI=1S/C8H10N2O6S/c11-5-1-2-6(12)9(5,15)17-10(16)7(13)3-4-8(10)14/h15-16H,1-4H2/q+2. The maximum Gasteiger partial charge on any atom is 0.430 e. The van der Waals surface area contributed by atoms with Crippen molar-refractivity contribution < 1.29 is 37.7 Å². The van der Waals surface area contributed by atoms with E-state index in [1.807, 2.05) is 0 Å². The molecule has 0 spiro atoms. The van der Waals surface area contributed by atoms with E-state index in [9.17, 15) is 29.6 Å². The van der Waals surface area contributed by atoms with Gasteiger partial charge >= 0.3 is 35.8 Å². The van der Waals surface area contributed by atoms with Gasteiger partial charge < -0.3 is 0 Å². The number of rotatable bonds is 2. The Hall–Kier alpha value is -1.13. The second kappa shape index (κ2) is 3.68. The van der Waals surface area contributed by atoms with Crippen LogP contribution in [0.5, 0.6) is 0 Å². The molecule has 9 heteroatoms. The second-order valence-corrected chi connectivity index (χ2v) is 5.03. The molecule has 0 aromatic rings. The number of hydroxylamine groups is 4. The van der Waals surface area contributed by atoms with Crippen molar-refractivity contribution in [2.24, 2.45) is 0 Å². The molecule has 2 rings (SSSR count). The lowest BCUT2D eigenvalue weighted by molar-refractivity contribution is -0.930. The van der Waals surface area contributed by atoms with Crippen molar-refractivity contribution in [3.63, 3.8) is 0 Å². The Morgan fingerprint density at radius 1 is 0.706 bits per heavy atom. The van der Waals surface area contributed by atoms with Gasteiger partial charge in [0.15, 0.2) is 0 Å². The SMILES string of the molecule is O=C1CCC(=O)[N+]1(O)S[N+]1(O)C(=O)CCC1=O. The maximum atomic E-state index is 11.4. The molecule has 2 aliphatic heterocycles. The largest absolute Gasteiger partial charge is 0.430 e. The van der Waals surface area contributed by atoms with Gasteiger partial charge in [-0.25, -0.2) is 19.2 Å². The topological polar surface area (TPSA) is 109 Å². The fourth-order valence-corrected chi connectivity index (χ4v) is 2.74. The van der Waals surface area contributed by atoms with Crippen molar-refractivity contribution in [1.29, 1.82) is 0 Å². The molecule has 0 aromatic carbocycles. The summed E-state index contributed by atoms with van der Waals surface area (Å²) in [5.41, 5.74) is 0. The number of nitrogens with zero attached hydrogens (tertiary/aromatic N) is 2. The van der Waals surface area contributed by atoms with Gasteiger partial charge in [-0.1, -0.05) is 0 Å². The number of carbonyl (C=O) groups excluding carboxylic acids is 4. The molecule has 2 aliphatic rings. The summed E-state index contributed by atoms with van der Waals surface area (Å²) in [7, 11) is 0. The Labute approximate surface area is 99.8 Å². The number of carbonyl (C=O) groups is 4. The Bertz CT molecular complexity index is 375. The van der Waals surface area contributed by atoms with Crippen LogP contribution in [0.1, 0.15) is 25.7 Å². The minimum atomic E-state index is -1.76. The van der Waals surface area contributed by atoms with Crippen LogP contribution in [0.4, 0.5) is 0 Å². The first-order chi connectivity index (χ1) is 7.80. The first-order valence-corrected chi connectivity index (χ1v) is 5.62. The molecule has 4 amide bonds. The van der Waals surface area contributed by atoms with Crippen LogP contribution in [-0.2, 0) is 19.2 Å². The maximum absolute atomic E-state index is 11.4. The molecule has 17 heavy (non-hydrogen) atoms. The fraction of sp³-hybridized carbons (Fsp3) is 0.500. The lowest BCUT2D eigenvalue weighted by Crippen LogP contribution is -2.54. The molecule has 2 fully saturated rings. The van der Waals surface area contributed by atoms with E-state index < -0.39 is 31.7 Å². The number of amides is 4. The molecule has 2 heterocycles. The van der Waals surface area contributed by atoms with E-state index in [1.54, 1.807) is 0 Å². The first-order valence-electron chi connectivity index (χ1n) is 4.89. The molecule has 0 saturated carbocycles. The Morgan fingerprint density at radius 2 is 0.941 bits per heavy atom. The van der Waals surface area contributed by atoms with Crippen LogP contribution in [0.15, 0.2) is 0 Å². The molecule has 2 saturated heterocycles. The van der Waals surface area contributed by atoms with Crippen molar-refractivity contribution in [1.82, 2.24) is 0 Å². The van der Waals surface area contributed by atoms with Crippen molar-refractivity contribution in [3.05, 3.63) is 0 Å². The summed E-state index contributed by atoms with van der Waals surface area (Å²) in [6.07, 6.45) is -0.704. The molecule has 0 aliphatic carbocycles. The zero-order valence-electron chi connectivity index (χ0n) is 8.66. The lowest BCUT2D eigenvalue weighted by Gasteiger charge is -2.20. The number of imide groups is 2. The molecule has 92 valence electrons. The van der Waals surface area contributed by atoms with Crippen molar-refractivity contribution in [2.45, 2.75) is 25.7 Å². The molecular weight excluding hydrogens is 252 g/mol. The Balaban J connectivity index is 2.32. The molecule has 8 nitrogen and oxygen atoms in total. The summed E-state index contributed by atoms with van der Waals surface area (Å²) >= 11 is -0.0602. The minimum absolute atomic E-state index is 0.0602. The number of hydrogen-bond donors (Lipinski definition) is 2. The van der Waals surface area contributed by atoms with Gasteiger partial charge in [-0.15, -0.1) is 0 Å². The van der Waals surface area contributed by atoms with Gasteiger partial charge in [-0.2, -0.15) is 10.4 Å². The molecule has 0 radical (unpaired) electrons. The second-order valence-electron chi connectivity index (χ2n) is 3.81. The van der Waals surface area contributed by atoms with E-state index in [4.69, 9.17) is 0 Å². The van der Waals surface area contributed by atoms with E-state index >= 15 is 0 Å². The zero-order chi connectivity index (χ0) is 12.8. The van der Waals surface area contributed by atoms with Crippen LogP contribution in [0.2, 0.25) is 0 Å². The van der Waals surface area contributed by atoms with Gasteiger partial charge in [0, 0.05) is 0 Å². The van der Waals surface area contributed by atoms with Gasteiger partial charge in [-0.05, 0) is 0 Å². The summed E-state index contributed by atoms with van der Waals surface area (Å²) in [6.45, 7) is 0. The Kier molecular flexibility index (Phi) is 2.67. The van der Waals surface area contributed by atoms with Gasteiger partial charge in [0.2, 0.25) is 0 Å². The highest BCUT2D eigenvalue weighted by molar-refractivity contribution is 7.89. The first kappa shape index (κ1) is 12.3. The van der Waals surface area contributed by atoms with Crippen LogP contribution in [0.3, 0.4) is 0 Å². The summed E-state index contributed by atoms with van der Waals surface area (Å²) < 4.78 is -3.51. The average Bonchev–Trinajstić information content (AvgIpc) is 2.65. The average molecular weight is 262 g/mol.